The number of aromatic nitrogens is 4. The minimum atomic E-state index is 0.170. The molecule has 6 nitrogen and oxygen atoms in total. The molecule has 0 saturated heterocycles. The van der Waals surface area contributed by atoms with Gasteiger partial charge in [0.1, 0.15) is 11.9 Å². The second kappa shape index (κ2) is 15.1. The first-order valence-electron chi connectivity index (χ1n) is 21.5. The van der Waals surface area contributed by atoms with Crippen LogP contribution >= 0.6 is 0 Å². The Morgan fingerprint density at radius 2 is 1.11 bits per heavy atom. The number of rotatable bonds is 8. The van der Waals surface area contributed by atoms with Crippen molar-refractivity contribution < 1.29 is 0 Å². The molecular formula is C56H46N6. The second-order valence-corrected chi connectivity index (χ2v) is 17.3. The lowest BCUT2D eigenvalue weighted by atomic mass is 9.88. The van der Waals surface area contributed by atoms with Gasteiger partial charge in [0.2, 0.25) is 0 Å². The average molecular weight is 803 g/mol. The number of para-hydroxylation sites is 2. The van der Waals surface area contributed by atoms with E-state index >= 15 is 0 Å². The monoisotopic (exact) mass is 802 g/mol. The Bertz CT molecular complexity index is 3440. The van der Waals surface area contributed by atoms with Gasteiger partial charge in [-0.15, -0.1) is 0 Å². The number of nitriles is 1. The minimum Gasteiger partial charge on any atom is -0.309 e. The van der Waals surface area contributed by atoms with Crippen LogP contribution in [0, 0.1) is 17.9 Å². The van der Waals surface area contributed by atoms with Crippen molar-refractivity contribution in [1.82, 2.24) is 18.7 Å². The smallest absolute Gasteiger partial charge is 0.187 e. The Labute approximate surface area is 362 Å². The van der Waals surface area contributed by atoms with Crippen molar-refractivity contribution in [3.8, 4) is 45.6 Å². The van der Waals surface area contributed by atoms with E-state index in [1.54, 1.807) is 6.07 Å². The summed E-state index contributed by atoms with van der Waals surface area (Å²) < 4.78 is 6.88. The lowest BCUT2D eigenvalue weighted by Crippen LogP contribution is -2.08. The first kappa shape index (κ1) is 38.5. The fourth-order valence-corrected chi connectivity index (χ4v) is 9.35. The van der Waals surface area contributed by atoms with Crippen LogP contribution in [0.1, 0.15) is 81.7 Å². The zero-order chi connectivity index (χ0) is 42.8. The zero-order valence-corrected chi connectivity index (χ0v) is 35.8. The molecule has 0 atom stereocenters. The van der Waals surface area contributed by atoms with E-state index in [4.69, 9.17) is 11.6 Å². The maximum atomic E-state index is 10.0. The van der Waals surface area contributed by atoms with Crippen LogP contribution in [0.3, 0.4) is 0 Å². The summed E-state index contributed by atoms with van der Waals surface area (Å²) in [5, 5.41) is 14.9. The van der Waals surface area contributed by atoms with Gasteiger partial charge in [-0.1, -0.05) is 114 Å². The Kier molecular flexibility index (Phi) is 9.39. The Morgan fingerprint density at radius 1 is 0.532 bits per heavy atom. The highest BCUT2D eigenvalue weighted by Gasteiger charge is 2.23. The summed E-state index contributed by atoms with van der Waals surface area (Å²) in [7, 11) is 0. The summed E-state index contributed by atoms with van der Waals surface area (Å²) >= 11 is 0. The molecule has 6 heteroatoms. The quantitative estimate of drug-likeness (QED) is 0.144. The molecular weight excluding hydrogens is 757 g/mol. The zero-order valence-electron chi connectivity index (χ0n) is 35.8. The number of imidazole rings is 1. The molecule has 0 unspecified atom stereocenters. The van der Waals surface area contributed by atoms with Crippen LogP contribution in [0.15, 0.2) is 152 Å². The van der Waals surface area contributed by atoms with Crippen LogP contribution in [0.2, 0.25) is 0 Å². The molecule has 7 aromatic carbocycles. The van der Waals surface area contributed by atoms with Gasteiger partial charge < -0.3 is 9.13 Å². The van der Waals surface area contributed by atoms with E-state index in [1.165, 1.54) is 49.3 Å². The van der Waals surface area contributed by atoms with Crippen LogP contribution in [0.4, 0.5) is 5.69 Å². The van der Waals surface area contributed by atoms with E-state index in [1.807, 2.05) is 24.4 Å². The molecule has 3 aromatic heterocycles. The van der Waals surface area contributed by atoms with E-state index < -0.39 is 0 Å². The van der Waals surface area contributed by atoms with Crippen LogP contribution in [-0.2, 0) is 0 Å². The van der Waals surface area contributed by atoms with E-state index in [2.05, 4.69) is 187 Å². The van der Waals surface area contributed by atoms with E-state index in [9.17, 15) is 5.26 Å². The normalized spacial score (nSPS) is 11.8. The third kappa shape index (κ3) is 6.27. The second-order valence-electron chi connectivity index (χ2n) is 17.3. The van der Waals surface area contributed by atoms with Gasteiger partial charge in [-0.2, -0.15) is 5.26 Å². The predicted molar refractivity (Wildman–Crippen MR) is 256 cm³/mol. The first-order valence-corrected chi connectivity index (χ1v) is 21.5. The Hall–Kier alpha value is -7.67. The summed E-state index contributed by atoms with van der Waals surface area (Å²) in [6, 6.07) is 54.7. The molecule has 3 heterocycles. The number of hydrogen-bond donors (Lipinski definition) is 0. The Balaban J connectivity index is 1.13. The van der Waals surface area contributed by atoms with Crippen molar-refractivity contribution >= 4 is 49.3 Å². The lowest BCUT2D eigenvalue weighted by molar-refractivity contribution is 0.807. The first-order chi connectivity index (χ1) is 30.1. The van der Waals surface area contributed by atoms with Crippen molar-refractivity contribution in [3.05, 3.63) is 186 Å². The van der Waals surface area contributed by atoms with Crippen LogP contribution in [0.25, 0.3) is 88.0 Å². The number of benzene rings is 7. The summed E-state index contributed by atoms with van der Waals surface area (Å²) in [5.41, 5.74) is 15.7. The average Bonchev–Trinajstić information content (AvgIpc) is 3.98. The van der Waals surface area contributed by atoms with Crippen LogP contribution in [-0.4, -0.2) is 18.7 Å². The molecule has 10 aromatic rings. The molecule has 0 aliphatic rings. The summed E-state index contributed by atoms with van der Waals surface area (Å²) in [5.74, 6) is 1.47. The van der Waals surface area contributed by atoms with Gasteiger partial charge in [0.05, 0.1) is 34.3 Å². The lowest BCUT2D eigenvalue weighted by Gasteiger charge is -2.24. The van der Waals surface area contributed by atoms with Gasteiger partial charge in [0, 0.05) is 44.7 Å². The molecule has 62 heavy (non-hydrogen) atoms. The number of fused-ring (bicyclic) bond motifs is 6. The molecule has 0 N–H and O–H groups in total. The standard InChI is InChI=1S/C56H46N6/c1-34(2)37-19-22-43(23-20-37)61-51-17-10-9-16-46(51)50-31-44(24-26-54(50)61)62-52-18-11-8-15-45(52)49-28-38(21-25-53(49)62)40-29-47(35(3)4)55(48(30-40)36(5)6)60-33-42(32-57)59-56(60)39-13-12-14-41(27-39)58-7/h8-31,33-36H,1-6H3. The third-order valence-electron chi connectivity index (χ3n) is 12.4. The highest BCUT2D eigenvalue weighted by molar-refractivity contribution is 6.13. The molecule has 0 saturated carbocycles. The Morgan fingerprint density at radius 3 is 1.73 bits per heavy atom. The van der Waals surface area contributed by atoms with E-state index in [-0.39, 0.29) is 11.8 Å². The van der Waals surface area contributed by atoms with E-state index in [0.29, 0.717) is 23.1 Å². The fraction of sp³-hybridized carbons (Fsp3) is 0.161. The highest BCUT2D eigenvalue weighted by atomic mass is 15.1. The van der Waals surface area contributed by atoms with Crippen molar-refractivity contribution in [1.29, 1.82) is 5.26 Å². The molecule has 0 amide bonds. The molecule has 0 radical (unpaired) electrons. The van der Waals surface area contributed by atoms with Gasteiger partial charge in [0.15, 0.2) is 11.4 Å². The van der Waals surface area contributed by atoms with Gasteiger partial charge in [-0.25, -0.2) is 9.83 Å². The van der Waals surface area contributed by atoms with Gasteiger partial charge >= 0.3 is 0 Å². The predicted octanol–water partition coefficient (Wildman–Crippen LogP) is 15.2. The molecule has 0 bridgehead atoms. The maximum Gasteiger partial charge on any atom is 0.187 e. The molecule has 0 fully saturated rings. The van der Waals surface area contributed by atoms with Gasteiger partial charge in [0.25, 0.3) is 0 Å². The SMILES string of the molecule is [C-]#[N+]c1cccc(-c2nc(C#N)cn2-c2c(C(C)C)cc(-c3ccc4c(c3)c3ccccc3n4-c3ccc4c(c3)c3ccccc3n4-c3ccc(C(C)C)cc3)cc2C(C)C)c1. The molecule has 0 aliphatic carbocycles. The van der Waals surface area contributed by atoms with Crippen LogP contribution < -0.4 is 0 Å². The topological polar surface area (TPSA) is 55.8 Å². The van der Waals surface area contributed by atoms with E-state index in [0.717, 1.165) is 44.8 Å². The van der Waals surface area contributed by atoms with Crippen molar-refractivity contribution in [2.75, 3.05) is 0 Å². The number of nitrogens with zero attached hydrogens (tertiary/aromatic N) is 6. The van der Waals surface area contributed by atoms with Crippen molar-refractivity contribution in [2.24, 2.45) is 0 Å². The highest BCUT2D eigenvalue weighted by Crippen LogP contribution is 2.42. The molecule has 0 spiro atoms. The summed E-state index contributed by atoms with van der Waals surface area (Å²) in [6.45, 7) is 21.0. The maximum absolute atomic E-state index is 10.0. The summed E-state index contributed by atoms with van der Waals surface area (Å²) in [4.78, 5) is 8.44. The largest absolute Gasteiger partial charge is 0.309 e. The van der Waals surface area contributed by atoms with Crippen molar-refractivity contribution in [3.63, 3.8) is 0 Å². The van der Waals surface area contributed by atoms with Gasteiger partial charge in [-0.3, -0.25) is 4.57 Å². The van der Waals surface area contributed by atoms with Crippen molar-refractivity contribution in [2.45, 2.75) is 59.3 Å². The minimum absolute atomic E-state index is 0.170. The molecule has 10 rings (SSSR count). The summed E-state index contributed by atoms with van der Waals surface area (Å²) in [6.07, 6.45) is 1.84. The molecule has 300 valence electrons. The molecule has 0 aliphatic heterocycles. The third-order valence-corrected chi connectivity index (χ3v) is 12.4. The van der Waals surface area contributed by atoms with Gasteiger partial charge in [-0.05, 0) is 118 Å². The van der Waals surface area contributed by atoms with Crippen LogP contribution in [0.5, 0.6) is 0 Å². The fourth-order valence-electron chi connectivity index (χ4n) is 9.35. The number of hydrogen-bond acceptors (Lipinski definition) is 2.